The number of aliphatic hydroxyl groups excluding tert-OH is 1. The first kappa shape index (κ1) is 46.7. The number of halogens is 1. The van der Waals surface area contributed by atoms with Gasteiger partial charge in [0.1, 0.15) is 35.6 Å². The first-order chi connectivity index (χ1) is 30.5. The molecule has 0 spiro atoms. The van der Waals surface area contributed by atoms with Crippen molar-refractivity contribution in [3.8, 4) is 15.4 Å². The Hall–Kier alpha value is -5.33. The highest BCUT2D eigenvalue weighted by Crippen LogP contribution is 2.40. The van der Waals surface area contributed by atoms with E-state index >= 15 is 0 Å². The zero-order valence-electron chi connectivity index (χ0n) is 37.0. The molecule has 0 aliphatic carbocycles. The van der Waals surface area contributed by atoms with Gasteiger partial charge in [-0.2, -0.15) is 0 Å². The molecule has 3 aromatic heterocycles. The highest BCUT2D eigenvalue weighted by molar-refractivity contribution is 7.15. The van der Waals surface area contributed by atoms with Gasteiger partial charge in [-0.1, -0.05) is 68.8 Å². The van der Waals surface area contributed by atoms with Crippen molar-refractivity contribution in [2.75, 3.05) is 26.3 Å². The van der Waals surface area contributed by atoms with Crippen molar-refractivity contribution in [3.05, 3.63) is 104 Å². The highest BCUT2D eigenvalue weighted by Gasteiger charge is 2.44. The molecule has 1 unspecified atom stereocenters. The number of likely N-dealkylation sites (tertiary alicyclic amines) is 1. The van der Waals surface area contributed by atoms with Crippen LogP contribution in [0.4, 0.5) is 0 Å². The molecular weight excluding hydrogens is 874 g/mol. The van der Waals surface area contributed by atoms with Gasteiger partial charge in [0, 0.05) is 53.7 Å². The zero-order chi connectivity index (χ0) is 45.9. The number of carbonyl (C=O) groups is 4. The fourth-order valence-electron chi connectivity index (χ4n) is 7.93. The topological polar surface area (TPSA) is 193 Å². The molecule has 5 heterocycles. The van der Waals surface area contributed by atoms with Crippen LogP contribution in [0.2, 0.25) is 5.02 Å². The third kappa shape index (κ3) is 10.4. The van der Waals surface area contributed by atoms with Gasteiger partial charge in [0.15, 0.2) is 5.82 Å². The largest absolute Gasteiger partial charge is 0.391 e. The van der Waals surface area contributed by atoms with Crippen molar-refractivity contribution in [2.45, 2.75) is 98.5 Å². The summed E-state index contributed by atoms with van der Waals surface area (Å²) < 4.78 is 7.67. The minimum atomic E-state index is -0.994. The van der Waals surface area contributed by atoms with Crippen molar-refractivity contribution < 1.29 is 29.0 Å². The summed E-state index contributed by atoms with van der Waals surface area (Å²) in [4.78, 5) is 67.1. The van der Waals surface area contributed by atoms with E-state index in [1.165, 1.54) is 4.90 Å². The summed E-state index contributed by atoms with van der Waals surface area (Å²) in [5.74, 6) is -0.289. The number of ether oxygens (including phenoxy) is 1. The summed E-state index contributed by atoms with van der Waals surface area (Å²) in [6.07, 6.45) is -0.346. The monoisotopic (exact) mass is 927 g/mol. The number of β-amino-alcohol motifs (C(OH)–C–C–N with tert-alkyl or cyclic N) is 1. The van der Waals surface area contributed by atoms with Crippen LogP contribution in [0.5, 0.6) is 0 Å². The van der Waals surface area contributed by atoms with Crippen molar-refractivity contribution in [3.63, 3.8) is 0 Å². The first-order valence-electron chi connectivity index (χ1n) is 21.3. The van der Waals surface area contributed by atoms with Crippen LogP contribution in [-0.2, 0) is 30.5 Å². The van der Waals surface area contributed by atoms with Gasteiger partial charge in [-0.3, -0.25) is 28.7 Å². The Labute approximate surface area is 385 Å². The lowest BCUT2D eigenvalue weighted by molar-refractivity contribution is -0.144. The summed E-state index contributed by atoms with van der Waals surface area (Å²) in [7, 11) is 0. The van der Waals surface area contributed by atoms with Gasteiger partial charge in [0.25, 0.3) is 0 Å². The van der Waals surface area contributed by atoms with Gasteiger partial charge in [-0.05, 0) is 68.4 Å². The fourth-order valence-corrected chi connectivity index (χ4v) is 10.1. The molecule has 0 bridgehead atoms. The quantitative estimate of drug-likeness (QED) is 0.0919. The molecule has 1 saturated heterocycles. The van der Waals surface area contributed by atoms with E-state index in [1.54, 1.807) is 22.7 Å². The van der Waals surface area contributed by atoms with E-state index in [0.717, 1.165) is 54.0 Å². The summed E-state index contributed by atoms with van der Waals surface area (Å²) in [5, 5.41) is 29.7. The Morgan fingerprint density at radius 3 is 2.38 bits per heavy atom. The number of carbonyl (C=O) groups excluding carboxylic acids is 4. The second-order valence-electron chi connectivity index (χ2n) is 17.3. The molecule has 2 aromatic carbocycles. The summed E-state index contributed by atoms with van der Waals surface area (Å²) in [6.45, 7) is 13.8. The Balaban J connectivity index is 0.896. The van der Waals surface area contributed by atoms with Crippen LogP contribution in [0.3, 0.4) is 0 Å². The molecule has 7 rings (SSSR count). The zero-order valence-corrected chi connectivity index (χ0v) is 39.4. The Bertz CT molecular complexity index is 2540. The molecule has 1 fully saturated rings. The number of aliphatic hydroxyl groups is 1. The Morgan fingerprint density at radius 2 is 1.69 bits per heavy atom. The second kappa shape index (κ2) is 19.8. The third-order valence-corrected chi connectivity index (χ3v) is 13.9. The van der Waals surface area contributed by atoms with Gasteiger partial charge in [0.2, 0.25) is 23.6 Å². The molecular formula is C46H54ClN9O6S2. The van der Waals surface area contributed by atoms with Crippen LogP contribution in [0.15, 0.2) is 59.0 Å². The van der Waals surface area contributed by atoms with Gasteiger partial charge < -0.3 is 30.7 Å². The van der Waals surface area contributed by atoms with Crippen LogP contribution in [-0.4, -0.2) is 104 Å². The van der Waals surface area contributed by atoms with E-state index in [1.807, 2.05) is 93.2 Å². The number of rotatable bonds is 15. The number of fused-ring (bicyclic) bond motifs is 3. The predicted octanol–water partition coefficient (Wildman–Crippen LogP) is 5.95. The molecule has 0 saturated carbocycles. The SMILES string of the molecule is Cc1ncsc1-c1ccc(CNC(=O)[C@@H]2C[C@@H](O)CN2C(=O)C(NC(=O)COCCCNC(=O)C[C@@H]2N=C(c3ccc(Cl)cc3)c3c(sc(C)c3C)-n3c(C)nnc32)C(C)(C)C)cc1. The second-order valence-corrected chi connectivity index (χ2v) is 19.8. The van der Waals surface area contributed by atoms with Crippen LogP contribution < -0.4 is 16.0 Å². The van der Waals surface area contributed by atoms with Gasteiger partial charge >= 0.3 is 0 Å². The fraction of sp³-hybridized carbons (Fsp3) is 0.435. The Kier molecular flexibility index (Phi) is 14.4. The summed E-state index contributed by atoms with van der Waals surface area (Å²) >= 11 is 9.44. The van der Waals surface area contributed by atoms with E-state index < -0.39 is 41.5 Å². The highest BCUT2D eigenvalue weighted by atomic mass is 35.5. The van der Waals surface area contributed by atoms with Gasteiger partial charge in [0.05, 0.1) is 34.3 Å². The smallest absolute Gasteiger partial charge is 0.246 e. The number of aryl methyl sites for hydroxylation is 3. The number of hydrogen-bond donors (Lipinski definition) is 4. The number of aliphatic imine (C=N–C) groups is 1. The average Bonchev–Trinajstić information content (AvgIpc) is 4.02. The molecule has 64 heavy (non-hydrogen) atoms. The number of aromatic nitrogens is 4. The number of thiophene rings is 1. The normalized spacial score (nSPS) is 17.5. The van der Waals surface area contributed by atoms with E-state index in [4.69, 9.17) is 21.3 Å². The number of amides is 4. The van der Waals surface area contributed by atoms with Gasteiger partial charge in [-0.25, -0.2) is 4.98 Å². The standard InChI is InChI=1S/C46H54ClN9O6S2/c1-25-27(3)64-45-38(25)39(30-13-15-32(47)16-14-30)51-34(42-54-53-28(4)56(42)45)20-36(58)48-17-8-18-62-23-37(59)52-41(46(5,6)7)44(61)55-22-33(57)19-35(55)43(60)49-21-29-9-11-31(12-10-29)40-26(2)50-24-63-40/h9-16,24,33-35,41,57H,8,17-23H2,1-7H3,(H,48,58)(H,49,60)(H,52,59)/t33-,34+,35+,41?/m1/s1. The van der Waals surface area contributed by atoms with E-state index in [9.17, 15) is 24.3 Å². The lowest BCUT2D eigenvalue weighted by Gasteiger charge is -2.35. The lowest BCUT2D eigenvalue weighted by Crippen LogP contribution is -2.58. The molecule has 338 valence electrons. The van der Waals surface area contributed by atoms with E-state index in [-0.39, 0.29) is 51.0 Å². The maximum Gasteiger partial charge on any atom is 0.246 e. The van der Waals surface area contributed by atoms with Crippen LogP contribution in [0.1, 0.15) is 90.5 Å². The number of hydrogen-bond acceptors (Lipinski definition) is 12. The number of nitrogens with zero attached hydrogens (tertiary/aromatic N) is 6. The number of benzene rings is 2. The maximum atomic E-state index is 14.0. The molecule has 18 heteroatoms. The van der Waals surface area contributed by atoms with E-state index in [0.29, 0.717) is 29.6 Å². The minimum Gasteiger partial charge on any atom is -0.391 e. The molecule has 2 aliphatic heterocycles. The summed E-state index contributed by atoms with van der Waals surface area (Å²) in [6, 6.07) is 12.9. The molecule has 2 aliphatic rings. The molecule has 5 aromatic rings. The van der Waals surface area contributed by atoms with Crippen molar-refractivity contribution >= 4 is 63.6 Å². The lowest BCUT2D eigenvalue weighted by atomic mass is 9.85. The first-order valence-corrected chi connectivity index (χ1v) is 23.3. The average molecular weight is 929 g/mol. The Morgan fingerprint density at radius 1 is 0.969 bits per heavy atom. The maximum absolute atomic E-state index is 14.0. The van der Waals surface area contributed by atoms with Gasteiger partial charge in [-0.15, -0.1) is 32.9 Å². The number of thiazole rings is 1. The molecule has 4 amide bonds. The van der Waals surface area contributed by atoms with Crippen LogP contribution in [0, 0.1) is 33.1 Å². The van der Waals surface area contributed by atoms with Crippen molar-refractivity contribution in [1.29, 1.82) is 0 Å². The molecule has 4 N–H and O–H groups in total. The van der Waals surface area contributed by atoms with E-state index in [2.05, 4.69) is 45.0 Å². The minimum absolute atomic E-state index is 0.0321. The van der Waals surface area contributed by atoms with Crippen molar-refractivity contribution in [1.82, 2.24) is 40.6 Å². The summed E-state index contributed by atoms with van der Waals surface area (Å²) in [5.41, 5.74) is 7.70. The molecule has 15 nitrogen and oxygen atoms in total. The van der Waals surface area contributed by atoms with Crippen LogP contribution in [0.25, 0.3) is 15.4 Å². The molecule has 4 atom stereocenters. The molecule has 0 radical (unpaired) electrons. The number of nitrogens with one attached hydrogen (secondary N) is 3. The van der Waals surface area contributed by atoms with Crippen LogP contribution >= 0.6 is 34.3 Å². The van der Waals surface area contributed by atoms with Crippen molar-refractivity contribution in [2.24, 2.45) is 10.4 Å². The predicted molar refractivity (Wildman–Crippen MR) is 248 cm³/mol. The third-order valence-electron chi connectivity index (χ3n) is 11.5.